The number of carbonyl (C=O) groups is 2. The van der Waals surface area contributed by atoms with Crippen molar-refractivity contribution < 1.29 is 9.59 Å². The third kappa shape index (κ3) is 2.81. The molecule has 1 aliphatic heterocycles. The molecular weight excluding hydrogens is 220 g/mol. The summed E-state index contributed by atoms with van der Waals surface area (Å²) >= 11 is 0. The first kappa shape index (κ1) is 11.1. The third-order valence-electron chi connectivity index (χ3n) is 2.19. The number of hydrogen-bond donors (Lipinski definition) is 3. The molecule has 0 fully saturated rings. The summed E-state index contributed by atoms with van der Waals surface area (Å²) in [6, 6.07) is 7.18. The second-order valence-corrected chi connectivity index (χ2v) is 3.61. The van der Waals surface area contributed by atoms with Crippen molar-refractivity contribution in [2.75, 3.05) is 11.9 Å². The highest BCUT2D eigenvalue weighted by Gasteiger charge is 2.11. The molecule has 0 spiro atoms. The van der Waals surface area contributed by atoms with Gasteiger partial charge in [0.1, 0.15) is 0 Å². The molecular formula is C11H12N4O2. The Labute approximate surface area is 98.1 Å². The van der Waals surface area contributed by atoms with Crippen molar-refractivity contribution in [2.45, 2.75) is 6.92 Å². The number of nitrogens with one attached hydrogen (secondary N) is 3. The van der Waals surface area contributed by atoms with Gasteiger partial charge < -0.3 is 10.6 Å². The maximum Gasteiger partial charge on any atom is 0.259 e. The van der Waals surface area contributed by atoms with E-state index in [2.05, 4.69) is 21.2 Å². The maximum atomic E-state index is 10.9. The fourth-order valence-corrected chi connectivity index (χ4v) is 1.44. The van der Waals surface area contributed by atoms with Gasteiger partial charge in [0.2, 0.25) is 5.91 Å². The second-order valence-electron chi connectivity index (χ2n) is 3.61. The Morgan fingerprint density at radius 3 is 2.59 bits per heavy atom. The van der Waals surface area contributed by atoms with E-state index < -0.39 is 0 Å². The van der Waals surface area contributed by atoms with Gasteiger partial charge in [0.15, 0.2) is 5.84 Å². The van der Waals surface area contributed by atoms with Crippen molar-refractivity contribution in [2.24, 2.45) is 5.10 Å². The van der Waals surface area contributed by atoms with Crippen LogP contribution in [0.25, 0.3) is 0 Å². The predicted octanol–water partition coefficient (Wildman–Crippen LogP) is 0.0260. The molecule has 0 unspecified atom stereocenters. The van der Waals surface area contributed by atoms with Crippen molar-refractivity contribution in [3.05, 3.63) is 29.8 Å². The topological polar surface area (TPSA) is 82.6 Å². The molecule has 0 atom stereocenters. The molecule has 1 aromatic carbocycles. The van der Waals surface area contributed by atoms with Crippen molar-refractivity contribution in [1.82, 2.24) is 10.7 Å². The van der Waals surface area contributed by atoms with Gasteiger partial charge in [-0.2, -0.15) is 5.10 Å². The molecule has 1 aliphatic rings. The van der Waals surface area contributed by atoms with Gasteiger partial charge >= 0.3 is 0 Å². The third-order valence-corrected chi connectivity index (χ3v) is 2.19. The van der Waals surface area contributed by atoms with Gasteiger partial charge in [-0.3, -0.25) is 9.59 Å². The number of benzene rings is 1. The zero-order valence-corrected chi connectivity index (χ0v) is 9.28. The van der Waals surface area contributed by atoms with Crippen LogP contribution < -0.4 is 16.1 Å². The van der Waals surface area contributed by atoms with E-state index >= 15 is 0 Å². The van der Waals surface area contributed by atoms with Crippen LogP contribution in [0.2, 0.25) is 0 Å². The minimum atomic E-state index is -0.163. The number of rotatable bonds is 2. The number of nitrogens with zero attached hydrogens (tertiary/aromatic N) is 1. The minimum absolute atomic E-state index is 0.113. The number of amidine groups is 1. The first-order chi connectivity index (χ1) is 8.15. The molecule has 0 saturated heterocycles. The zero-order chi connectivity index (χ0) is 12.3. The average molecular weight is 232 g/mol. The highest BCUT2D eigenvalue weighted by molar-refractivity contribution is 6.03. The monoisotopic (exact) mass is 232 g/mol. The van der Waals surface area contributed by atoms with Crippen molar-refractivity contribution in [1.29, 1.82) is 0 Å². The summed E-state index contributed by atoms with van der Waals surface area (Å²) in [6.45, 7) is 1.67. The lowest BCUT2D eigenvalue weighted by atomic mass is 10.2. The van der Waals surface area contributed by atoms with E-state index in [1.165, 1.54) is 6.92 Å². The molecule has 2 rings (SSSR count). The van der Waals surface area contributed by atoms with E-state index in [0.29, 0.717) is 5.84 Å². The van der Waals surface area contributed by atoms with E-state index in [1.807, 2.05) is 12.1 Å². The highest BCUT2D eigenvalue weighted by atomic mass is 16.2. The van der Waals surface area contributed by atoms with E-state index in [0.717, 1.165) is 11.3 Å². The summed E-state index contributed by atoms with van der Waals surface area (Å²) in [5.74, 6) is 0.334. The summed E-state index contributed by atoms with van der Waals surface area (Å²) in [4.78, 5) is 21.7. The molecule has 6 heteroatoms. The average Bonchev–Trinajstić information content (AvgIpc) is 2.30. The van der Waals surface area contributed by atoms with Crippen molar-refractivity contribution in [3.63, 3.8) is 0 Å². The number of hydrogen-bond acceptors (Lipinski definition) is 4. The minimum Gasteiger partial charge on any atom is -0.359 e. The predicted molar refractivity (Wildman–Crippen MR) is 63.4 cm³/mol. The van der Waals surface area contributed by atoms with Crippen LogP contribution in [-0.2, 0) is 9.59 Å². The summed E-state index contributed by atoms with van der Waals surface area (Å²) in [6.07, 6.45) is 0. The normalized spacial score (nSPS) is 14.4. The number of amides is 2. The Balaban J connectivity index is 2.12. The Hall–Kier alpha value is -2.37. The smallest absolute Gasteiger partial charge is 0.259 e. The fraction of sp³-hybridized carbons (Fsp3) is 0.182. The molecule has 0 aliphatic carbocycles. The number of anilines is 1. The SMILES string of the molecule is CC(=O)Nc1ccc(C2=NNC(=O)CN2)cc1. The van der Waals surface area contributed by atoms with Crippen molar-refractivity contribution in [3.8, 4) is 0 Å². The number of carbonyl (C=O) groups excluding carboxylic acids is 2. The van der Waals surface area contributed by atoms with Gasteiger partial charge in [0.05, 0.1) is 6.54 Å². The zero-order valence-electron chi connectivity index (χ0n) is 9.28. The van der Waals surface area contributed by atoms with E-state index in [1.54, 1.807) is 12.1 Å². The quantitative estimate of drug-likeness (QED) is 0.672. The fourth-order valence-electron chi connectivity index (χ4n) is 1.44. The Kier molecular flexibility index (Phi) is 3.04. The van der Waals surface area contributed by atoms with Gasteiger partial charge in [-0.1, -0.05) is 0 Å². The lowest BCUT2D eigenvalue weighted by Gasteiger charge is -2.14. The molecule has 17 heavy (non-hydrogen) atoms. The largest absolute Gasteiger partial charge is 0.359 e. The Morgan fingerprint density at radius 2 is 2.06 bits per heavy atom. The molecule has 1 aromatic rings. The van der Waals surface area contributed by atoms with Gasteiger partial charge in [-0.15, -0.1) is 0 Å². The number of hydrazone groups is 1. The highest BCUT2D eigenvalue weighted by Crippen LogP contribution is 2.10. The van der Waals surface area contributed by atoms with E-state index in [4.69, 9.17) is 0 Å². The van der Waals surface area contributed by atoms with Crippen molar-refractivity contribution >= 4 is 23.3 Å². The standard InChI is InChI=1S/C11H12N4O2/c1-7(16)13-9-4-2-8(3-5-9)11-12-6-10(17)14-15-11/h2-5H,6H2,1H3,(H,12,15)(H,13,16)(H,14,17). The summed E-state index contributed by atoms with van der Waals surface area (Å²) in [5, 5.41) is 9.46. The van der Waals surface area contributed by atoms with E-state index in [9.17, 15) is 9.59 Å². The Bertz CT molecular complexity index is 479. The molecule has 6 nitrogen and oxygen atoms in total. The second kappa shape index (κ2) is 4.65. The van der Waals surface area contributed by atoms with Crippen LogP contribution in [0.4, 0.5) is 5.69 Å². The molecule has 1 heterocycles. The lowest BCUT2D eigenvalue weighted by Crippen LogP contribution is -2.42. The first-order valence-electron chi connectivity index (χ1n) is 5.13. The molecule has 0 bridgehead atoms. The van der Waals surface area contributed by atoms with Crippen LogP contribution >= 0.6 is 0 Å². The van der Waals surface area contributed by atoms with Crippen LogP contribution in [-0.4, -0.2) is 24.2 Å². The molecule has 0 saturated carbocycles. The van der Waals surface area contributed by atoms with Gasteiger partial charge in [-0.05, 0) is 24.3 Å². The summed E-state index contributed by atoms with van der Waals surface area (Å²) in [5.41, 5.74) is 3.96. The maximum absolute atomic E-state index is 10.9. The molecule has 2 amide bonds. The molecule has 3 N–H and O–H groups in total. The summed E-state index contributed by atoms with van der Waals surface area (Å²) < 4.78 is 0. The van der Waals surface area contributed by atoms with E-state index in [-0.39, 0.29) is 18.4 Å². The first-order valence-corrected chi connectivity index (χ1v) is 5.13. The van der Waals surface area contributed by atoms with Crippen LogP contribution in [0.1, 0.15) is 12.5 Å². The van der Waals surface area contributed by atoms with Crippen LogP contribution in [0.3, 0.4) is 0 Å². The van der Waals surface area contributed by atoms with Crippen LogP contribution in [0.15, 0.2) is 29.4 Å². The summed E-state index contributed by atoms with van der Waals surface area (Å²) in [7, 11) is 0. The molecule has 0 radical (unpaired) electrons. The molecule has 0 aromatic heterocycles. The Morgan fingerprint density at radius 1 is 1.35 bits per heavy atom. The van der Waals surface area contributed by atoms with Gasteiger partial charge in [0.25, 0.3) is 5.91 Å². The van der Waals surface area contributed by atoms with Gasteiger partial charge in [-0.25, -0.2) is 5.43 Å². The lowest BCUT2D eigenvalue weighted by molar-refractivity contribution is -0.120. The van der Waals surface area contributed by atoms with Gasteiger partial charge in [0, 0.05) is 18.2 Å². The van der Waals surface area contributed by atoms with Crippen LogP contribution in [0.5, 0.6) is 0 Å². The van der Waals surface area contributed by atoms with Crippen LogP contribution in [0, 0.1) is 0 Å². The molecule has 88 valence electrons.